The number of rotatable bonds is 4. The largest absolute Gasteiger partial charge is 0.505 e. The fourth-order valence-corrected chi connectivity index (χ4v) is 3.22. The second-order valence-electron chi connectivity index (χ2n) is 6.50. The third kappa shape index (κ3) is 5.28. The van der Waals surface area contributed by atoms with Crippen molar-refractivity contribution in [2.75, 3.05) is 33.8 Å². The van der Waals surface area contributed by atoms with E-state index >= 15 is 0 Å². The van der Waals surface area contributed by atoms with Crippen LogP contribution in [0.5, 0.6) is 5.75 Å². The lowest BCUT2D eigenvalue weighted by molar-refractivity contribution is -0.122. The van der Waals surface area contributed by atoms with Gasteiger partial charge in [0.2, 0.25) is 0 Å². The second-order valence-corrected chi connectivity index (χ2v) is 6.50. The summed E-state index contributed by atoms with van der Waals surface area (Å²) in [6, 6.07) is 12.7. The molecule has 1 aliphatic rings. The molecule has 0 saturated carbocycles. The quantitative estimate of drug-likeness (QED) is 0.769. The molecule has 2 heterocycles. The zero-order chi connectivity index (χ0) is 20.5. The van der Waals surface area contributed by atoms with Gasteiger partial charge in [-0.2, -0.15) is 0 Å². The highest BCUT2D eigenvalue weighted by atomic mass is 16.5. The molecule has 8 heteroatoms. The van der Waals surface area contributed by atoms with E-state index in [2.05, 4.69) is 4.98 Å². The zero-order valence-electron chi connectivity index (χ0n) is 15.9. The van der Waals surface area contributed by atoms with Gasteiger partial charge in [-0.1, -0.05) is 30.3 Å². The third-order valence-electron chi connectivity index (χ3n) is 4.29. The van der Waals surface area contributed by atoms with Crippen LogP contribution in [-0.2, 0) is 9.53 Å². The number of carbonyl (C=O) groups excluding carboxylic acids is 1. The number of morpholine rings is 1. The Balaban J connectivity index is 0.000000878. The molecule has 0 unspecified atom stereocenters. The molecule has 2 atom stereocenters. The highest BCUT2D eigenvalue weighted by Crippen LogP contribution is 2.32. The van der Waals surface area contributed by atoms with Crippen LogP contribution in [0.4, 0.5) is 0 Å². The summed E-state index contributed by atoms with van der Waals surface area (Å²) in [6.45, 7) is 1.36. The average Bonchev–Trinajstić information content (AvgIpc) is 2.68. The molecule has 8 nitrogen and oxygen atoms in total. The van der Waals surface area contributed by atoms with E-state index < -0.39 is 0 Å². The number of hydrogen-bond donors (Lipinski definition) is 2. The molecule has 1 fully saturated rings. The van der Waals surface area contributed by atoms with Gasteiger partial charge in [0.1, 0.15) is 5.75 Å². The average molecular weight is 387 g/mol. The Kier molecular flexibility index (Phi) is 7.91. The lowest BCUT2D eigenvalue weighted by atomic mass is 9.97. The maximum absolute atomic E-state index is 13.1. The summed E-state index contributed by atoms with van der Waals surface area (Å²) in [4.78, 5) is 29.3. The van der Waals surface area contributed by atoms with E-state index in [0.717, 1.165) is 5.56 Å². The highest BCUT2D eigenvalue weighted by Gasteiger charge is 2.37. The number of carboxylic acid groups (broad SMARTS) is 1. The Morgan fingerprint density at radius 3 is 2.57 bits per heavy atom. The summed E-state index contributed by atoms with van der Waals surface area (Å²) >= 11 is 0. The smallest absolute Gasteiger partial charge is 0.290 e. The zero-order valence-corrected chi connectivity index (χ0v) is 15.9. The fraction of sp³-hybridized carbons (Fsp3) is 0.350. The van der Waals surface area contributed by atoms with Gasteiger partial charge in [0.15, 0.2) is 5.69 Å². The van der Waals surface area contributed by atoms with E-state index in [1.54, 1.807) is 11.0 Å². The number of pyridine rings is 1. The first-order valence-corrected chi connectivity index (χ1v) is 8.83. The summed E-state index contributed by atoms with van der Waals surface area (Å²) in [7, 11) is 3.97. The Morgan fingerprint density at radius 1 is 1.29 bits per heavy atom. The van der Waals surface area contributed by atoms with E-state index in [1.165, 1.54) is 12.3 Å². The van der Waals surface area contributed by atoms with E-state index in [-0.39, 0.29) is 36.0 Å². The van der Waals surface area contributed by atoms with Gasteiger partial charge < -0.3 is 24.7 Å². The number of aromatic hydroxyl groups is 1. The monoisotopic (exact) mass is 387 g/mol. The summed E-state index contributed by atoms with van der Waals surface area (Å²) in [5, 5.41) is 16.9. The van der Waals surface area contributed by atoms with Crippen LogP contribution in [0.15, 0.2) is 48.7 Å². The van der Waals surface area contributed by atoms with Crippen molar-refractivity contribution in [2.24, 2.45) is 0 Å². The molecule has 2 aromatic rings. The SMILES string of the molecule is CN(C)C[C@@H]1OCCN(C(=O)c2ncccc2O)[C@H]1c1ccccc1.O=CO. The van der Waals surface area contributed by atoms with Gasteiger partial charge in [0, 0.05) is 19.3 Å². The van der Waals surface area contributed by atoms with Crippen molar-refractivity contribution in [2.45, 2.75) is 12.1 Å². The maximum atomic E-state index is 13.1. The van der Waals surface area contributed by atoms with Gasteiger partial charge in [-0.15, -0.1) is 0 Å². The normalized spacial score (nSPS) is 18.9. The van der Waals surface area contributed by atoms with Crippen LogP contribution >= 0.6 is 0 Å². The van der Waals surface area contributed by atoms with Crippen molar-refractivity contribution in [3.05, 3.63) is 59.9 Å². The van der Waals surface area contributed by atoms with Crippen molar-refractivity contribution in [1.29, 1.82) is 0 Å². The molecule has 150 valence electrons. The number of amides is 1. The van der Waals surface area contributed by atoms with Gasteiger partial charge in [0.05, 0.1) is 18.8 Å². The molecule has 3 rings (SSSR count). The van der Waals surface area contributed by atoms with Crippen LogP contribution in [0.1, 0.15) is 22.1 Å². The van der Waals surface area contributed by atoms with Crippen LogP contribution in [0.25, 0.3) is 0 Å². The molecule has 2 N–H and O–H groups in total. The number of aromatic nitrogens is 1. The van der Waals surface area contributed by atoms with Gasteiger partial charge in [-0.25, -0.2) is 4.98 Å². The minimum absolute atomic E-state index is 0.0777. The molecule has 1 aromatic heterocycles. The predicted molar refractivity (Wildman–Crippen MR) is 103 cm³/mol. The number of hydrogen-bond acceptors (Lipinski definition) is 6. The molecule has 0 bridgehead atoms. The third-order valence-corrected chi connectivity index (χ3v) is 4.29. The van der Waals surface area contributed by atoms with E-state index in [0.29, 0.717) is 19.7 Å². The number of ether oxygens (including phenoxy) is 1. The molecule has 0 radical (unpaired) electrons. The van der Waals surface area contributed by atoms with Crippen molar-refractivity contribution in [3.8, 4) is 5.75 Å². The molecule has 1 saturated heterocycles. The second kappa shape index (κ2) is 10.4. The van der Waals surface area contributed by atoms with Crippen LogP contribution in [0.3, 0.4) is 0 Å². The Morgan fingerprint density at radius 2 is 1.96 bits per heavy atom. The van der Waals surface area contributed by atoms with Gasteiger partial charge >= 0.3 is 0 Å². The number of benzene rings is 1. The molecule has 28 heavy (non-hydrogen) atoms. The van der Waals surface area contributed by atoms with E-state index in [9.17, 15) is 9.90 Å². The summed E-state index contributed by atoms with van der Waals surface area (Å²) in [5.41, 5.74) is 1.09. The minimum atomic E-state index is -0.279. The van der Waals surface area contributed by atoms with Crippen molar-refractivity contribution in [3.63, 3.8) is 0 Å². The number of nitrogens with zero attached hydrogens (tertiary/aromatic N) is 3. The number of likely N-dealkylation sites (N-methyl/N-ethyl adjacent to an activating group) is 1. The molecule has 0 spiro atoms. The summed E-state index contributed by atoms with van der Waals surface area (Å²) in [5.74, 6) is -0.381. The van der Waals surface area contributed by atoms with Gasteiger partial charge in [-0.3, -0.25) is 9.59 Å². The predicted octanol–water partition coefficient (Wildman–Crippen LogP) is 1.63. The van der Waals surface area contributed by atoms with Crippen LogP contribution in [0.2, 0.25) is 0 Å². The first-order valence-electron chi connectivity index (χ1n) is 8.83. The number of carbonyl (C=O) groups is 2. The van der Waals surface area contributed by atoms with Gasteiger partial charge in [0.25, 0.3) is 12.4 Å². The van der Waals surface area contributed by atoms with E-state index in [1.807, 2.05) is 49.3 Å². The molecular formula is C20H25N3O5. The van der Waals surface area contributed by atoms with Gasteiger partial charge in [-0.05, 0) is 31.8 Å². The standard InChI is InChI=1S/C19H23N3O3.CH2O2/c1-21(2)13-16-18(14-7-4-3-5-8-14)22(11-12-25-16)19(24)17-15(23)9-6-10-20-17;2-1-3/h3-10,16,18,23H,11-13H2,1-2H3;1H,(H,2,3)/t16-,18-;/m0./s1. The maximum Gasteiger partial charge on any atom is 0.290 e. The Hall–Kier alpha value is -2.97. The van der Waals surface area contributed by atoms with Crippen LogP contribution in [-0.4, -0.2) is 77.3 Å². The van der Waals surface area contributed by atoms with Crippen molar-refractivity contribution in [1.82, 2.24) is 14.8 Å². The Bertz CT molecular complexity index is 769. The molecule has 0 aliphatic carbocycles. The van der Waals surface area contributed by atoms with Crippen molar-refractivity contribution < 1.29 is 24.5 Å². The first-order chi connectivity index (χ1) is 13.5. The molecular weight excluding hydrogens is 362 g/mol. The summed E-state index contributed by atoms with van der Waals surface area (Å²) in [6.07, 6.45) is 1.36. The van der Waals surface area contributed by atoms with E-state index in [4.69, 9.17) is 14.6 Å². The molecule has 1 amide bonds. The lowest BCUT2D eigenvalue weighted by Gasteiger charge is -2.42. The molecule has 1 aromatic carbocycles. The lowest BCUT2D eigenvalue weighted by Crippen LogP contribution is -2.51. The van der Waals surface area contributed by atoms with Crippen molar-refractivity contribution >= 4 is 12.4 Å². The minimum Gasteiger partial charge on any atom is -0.505 e. The first kappa shape index (κ1) is 21.3. The Labute approximate surface area is 164 Å². The summed E-state index contributed by atoms with van der Waals surface area (Å²) < 4.78 is 5.98. The van der Waals surface area contributed by atoms with Crippen LogP contribution in [0, 0.1) is 0 Å². The molecule has 1 aliphatic heterocycles. The fourth-order valence-electron chi connectivity index (χ4n) is 3.22. The van der Waals surface area contributed by atoms with Crippen LogP contribution < -0.4 is 0 Å². The highest BCUT2D eigenvalue weighted by molar-refractivity contribution is 5.95. The topological polar surface area (TPSA) is 103 Å².